The minimum atomic E-state index is 0.832. The molecule has 0 saturated heterocycles. The van der Waals surface area contributed by atoms with Crippen molar-refractivity contribution in [2.45, 2.75) is 13.5 Å². The summed E-state index contributed by atoms with van der Waals surface area (Å²) in [6, 6.07) is 5.85. The van der Waals surface area contributed by atoms with Crippen LogP contribution in [0.1, 0.15) is 11.1 Å². The third-order valence-corrected chi connectivity index (χ3v) is 3.49. The Bertz CT molecular complexity index is 453. The van der Waals surface area contributed by atoms with Crippen molar-refractivity contribution in [1.82, 2.24) is 4.98 Å². The van der Waals surface area contributed by atoms with Crippen molar-refractivity contribution >= 4 is 33.1 Å². The maximum absolute atomic E-state index is 4.31. The van der Waals surface area contributed by atoms with Crippen molar-refractivity contribution in [1.29, 1.82) is 0 Å². The molecule has 0 atom stereocenters. The van der Waals surface area contributed by atoms with Crippen LogP contribution in [-0.2, 0) is 6.54 Å². The van der Waals surface area contributed by atoms with Gasteiger partial charge in [-0.15, -0.1) is 0 Å². The zero-order valence-corrected chi connectivity index (χ0v) is 10.7. The van der Waals surface area contributed by atoms with Gasteiger partial charge in [-0.05, 0) is 56.9 Å². The van der Waals surface area contributed by atoms with E-state index in [-0.39, 0.29) is 0 Å². The van der Waals surface area contributed by atoms with Gasteiger partial charge in [0.1, 0.15) is 10.4 Å². The summed E-state index contributed by atoms with van der Waals surface area (Å²) in [7, 11) is 0. The maximum Gasteiger partial charge on any atom is 0.127 e. The van der Waals surface area contributed by atoms with E-state index in [4.69, 9.17) is 0 Å². The first-order valence-electron chi connectivity index (χ1n) is 4.64. The molecule has 0 aliphatic carbocycles. The van der Waals surface area contributed by atoms with Crippen LogP contribution >= 0.6 is 27.3 Å². The minimum Gasteiger partial charge on any atom is -0.366 e. The highest BCUT2D eigenvalue weighted by atomic mass is 79.9. The molecule has 0 radical (unpaired) electrons. The van der Waals surface area contributed by atoms with E-state index in [2.05, 4.69) is 43.9 Å². The lowest BCUT2D eigenvalue weighted by molar-refractivity contribution is 1.10. The monoisotopic (exact) mass is 282 g/mol. The summed E-state index contributed by atoms with van der Waals surface area (Å²) in [5.41, 5.74) is 2.67. The molecule has 78 valence electrons. The van der Waals surface area contributed by atoms with Gasteiger partial charge in [0.2, 0.25) is 0 Å². The van der Waals surface area contributed by atoms with Crippen molar-refractivity contribution in [3.05, 3.63) is 44.7 Å². The van der Waals surface area contributed by atoms with Crippen molar-refractivity contribution < 1.29 is 0 Å². The third-order valence-electron chi connectivity index (χ3n) is 2.14. The maximum atomic E-state index is 4.31. The molecule has 0 unspecified atom stereocenters. The third kappa shape index (κ3) is 2.79. The highest BCUT2D eigenvalue weighted by Crippen LogP contribution is 2.16. The summed E-state index contributed by atoms with van der Waals surface area (Å²) in [6.45, 7) is 2.96. The standard InChI is InChI=1S/C11H11BrN2S/c1-8-6-15-7-9(8)5-13-11-4-2-3-10(12)14-11/h2-4,6-7H,5H2,1H3,(H,13,14). The van der Waals surface area contributed by atoms with Gasteiger partial charge in [0.15, 0.2) is 0 Å². The molecule has 2 rings (SSSR count). The van der Waals surface area contributed by atoms with E-state index in [9.17, 15) is 0 Å². The van der Waals surface area contributed by atoms with Crippen LogP contribution in [0.15, 0.2) is 33.6 Å². The second kappa shape index (κ2) is 4.77. The first-order valence-corrected chi connectivity index (χ1v) is 6.37. The summed E-state index contributed by atoms with van der Waals surface area (Å²) >= 11 is 5.08. The Morgan fingerprint density at radius 2 is 2.27 bits per heavy atom. The normalized spacial score (nSPS) is 10.3. The van der Waals surface area contributed by atoms with Crippen LogP contribution in [0.5, 0.6) is 0 Å². The molecule has 0 aliphatic heterocycles. The number of hydrogen-bond acceptors (Lipinski definition) is 3. The number of nitrogens with zero attached hydrogens (tertiary/aromatic N) is 1. The molecule has 1 N–H and O–H groups in total. The molecule has 0 fully saturated rings. The number of hydrogen-bond donors (Lipinski definition) is 1. The van der Waals surface area contributed by atoms with Crippen LogP contribution in [0.25, 0.3) is 0 Å². The molecule has 0 aliphatic rings. The van der Waals surface area contributed by atoms with E-state index in [1.807, 2.05) is 18.2 Å². The molecule has 2 nitrogen and oxygen atoms in total. The number of pyridine rings is 1. The number of anilines is 1. The predicted molar refractivity (Wildman–Crippen MR) is 68.3 cm³/mol. The Balaban J connectivity index is 2.02. The summed E-state index contributed by atoms with van der Waals surface area (Å²) in [4.78, 5) is 4.31. The van der Waals surface area contributed by atoms with Gasteiger partial charge < -0.3 is 5.32 Å². The average Bonchev–Trinajstić information content (AvgIpc) is 2.61. The molecule has 2 heterocycles. The van der Waals surface area contributed by atoms with Crippen molar-refractivity contribution in [2.75, 3.05) is 5.32 Å². The Labute approximate surface area is 101 Å². The summed E-state index contributed by atoms with van der Waals surface area (Å²) in [6.07, 6.45) is 0. The number of aryl methyl sites for hydroxylation is 1. The first kappa shape index (κ1) is 10.6. The highest BCUT2D eigenvalue weighted by Gasteiger charge is 1.99. The van der Waals surface area contributed by atoms with Gasteiger partial charge in [0.05, 0.1) is 0 Å². The molecule has 15 heavy (non-hydrogen) atoms. The minimum absolute atomic E-state index is 0.832. The molecule has 0 aromatic carbocycles. The van der Waals surface area contributed by atoms with E-state index >= 15 is 0 Å². The van der Waals surface area contributed by atoms with Gasteiger partial charge in [-0.1, -0.05) is 6.07 Å². The van der Waals surface area contributed by atoms with Crippen LogP contribution in [0.2, 0.25) is 0 Å². The molecule has 0 saturated carbocycles. The predicted octanol–water partition coefficient (Wildman–Crippen LogP) is 3.83. The van der Waals surface area contributed by atoms with Crippen molar-refractivity contribution in [3.63, 3.8) is 0 Å². The lowest BCUT2D eigenvalue weighted by Gasteiger charge is -2.05. The Morgan fingerprint density at radius 3 is 2.93 bits per heavy atom. The van der Waals surface area contributed by atoms with E-state index < -0.39 is 0 Å². The Kier molecular flexibility index (Phi) is 3.38. The van der Waals surface area contributed by atoms with Crippen molar-refractivity contribution in [2.24, 2.45) is 0 Å². The SMILES string of the molecule is Cc1cscc1CNc1cccc(Br)n1. The first-order chi connectivity index (χ1) is 7.25. The fourth-order valence-electron chi connectivity index (χ4n) is 1.26. The molecule has 0 bridgehead atoms. The van der Waals surface area contributed by atoms with Gasteiger partial charge in [0, 0.05) is 6.54 Å². The quantitative estimate of drug-likeness (QED) is 0.866. The number of rotatable bonds is 3. The average molecular weight is 283 g/mol. The van der Waals surface area contributed by atoms with Crippen LogP contribution in [-0.4, -0.2) is 4.98 Å². The zero-order chi connectivity index (χ0) is 10.7. The molecular weight excluding hydrogens is 272 g/mol. The lowest BCUT2D eigenvalue weighted by atomic mass is 10.2. The van der Waals surface area contributed by atoms with E-state index in [1.165, 1.54) is 11.1 Å². The number of thiophene rings is 1. The van der Waals surface area contributed by atoms with Crippen LogP contribution in [0.4, 0.5) is 5.82 Å². The molecule has 0 spiro atoms. The highest BCUT2D eigenvalue weighted by molar-refractivity contribution is 9.10. The van der Waals surface area contributed by atoms with Gasteiger partial charge in [-0.2, -0.15) is 11.3 Å². The van der Waals surface area contributed by atoms with Gasteiger partial charge in [0.25, 0.3) is 0 Å². The largest absolute Gasteiger partial charge is 0.366 e. The van der Waals surface area contributed by atoms with Crippen LogP contribution in [0, 0.1) is 6.92 Å². The summed E-state index contributed by atoms with van der Waals surface area (Å²) in [5, 5.41) is 7.62. The molecule has 2 aromatic rings. The van der Waals surface area contributed by atoms with Crippen molar-refractivity contribution in [3.8, 4) is 0 Å². The van der Waals surface area contributed by atoms with E-state index in [1.54, 1.807) is 11.3 Å². The smallest absolute Gasteiger partial charge is 0.127 e. The lowest BCUT2D eigenvalue weighted by Crippen LogP contribution is -2.01. The number of halogens is 1. The van der Waals surface area contributed by atoms with E-state index in [0.717, 1.165) is 17.0 Å². The molecular formula is C11H11BrN2S. The van der Waals surface area contributed by atoms with Gasteiger partial charge in [-0.3, -0.25) is 0 Å². The Hall–Kier alpha value is -0.870. The summed E-state index contributed by atoms with van der Waals surface area (Å²) in [5.74, 6) is 0.898. The second-order valence-corrected chi connectivity index (χ2v) is 4.84. The van der Waals surface area contributed by atoms with E-state index in [0.29, 0.717) is 0 Å². The zero-order valence-electron chi connectivity index (χ0n) is 8.33. The van der Waals surface area contributed by atoms with Crippen LogP contribution in [0.3, 0.4) is 0 Å². The Morgan fingerprint density at radius 1 is 1.40 bits per heavy atom. The van der Waals surface area contributed by atoms with Gasteiger partial charge in [-0.25, -0.2) is 4.98 Å². The number of nitrogens with one attached hydrogen (secondary N) is 1. The van der Waals surface area contributed by atoms with Crippen LogP contribution < -0.4 is 5.32 Å². The molecule has 0 amide bonds. The van der Waals surface area contributed by atoms with Gasteiger partial charge >= 0.3 is 0 Å². The topological polar surface area (TPSA) is 24.9 Å². The fraction of sp³-hybridized carbons (Fsp3) is 0.182. The molecule has 4 heteroatoms. The fourth-order valence-corrected chi connectivity index (χ4v) is 2.46. The second-order valence-electron chi connectivity index (χ2n) is 3.28. The molecule has 2 aromatic heterocycles. The summed E-state index contributed by atoms with van der Waals surface area (Å²) < 4.78 is 0.856. The number of aromatic nitrogens is 1.